The topological polar surface area (TPSA) is 46.0 Å². The summed E-state index contributed by atoms with van der Waals surface area (Å²) in [5.74, 6) is 0. The fraction of sp³-hybridized carbons (Fsp3) is 0. The van der Waals surface area contributed by atoms with Gasteiger partial charge >= 0.3 is 0 Å². The van der Waals surface area contributed by atoms with Gasteiger partial charge in [0, 0.05) is 6.20 Å². The molecule has 4 nitrogen and oxygen atoms in total. The predicted octanol–water partition coefficient (Wildman–Crippen LogP) is 2.36. The van der Waals surface area contributed by atoms with Crippen LogP contribution in [-0.4, -0.2) is 19.6 Å². The number of aromatic nitrogens is 4. The summed E-state index contributed by atoms with van der Waals surface area (Å²) in [5.41, 5.74) is 4.10. The number of hydrogen-bond donors (Lipinski definition) is 1. The maximum absolute atomic E-state index is 4.62. The van der Waals surface area contributed by atoms with E-state index in [1.807, 2.05) is 36.7 Å². The number of H-pyrrole nitrogens is 1. The zero-order valence-electron chi connectivity index (χ0n) is 8.38. The van der Waals surface area contributed by atoms with Crippen LogP contribution in [0.4, 0.5) is 0 Å². The lowest BCUT2D eigenvalue weighted by molar-refractivity contribution is 1.12. The number of pyridine rings is 1. The minimum atomic E-state index is 0.951. The molecule has 4 rings (SSSR count). The number of fused-ring (bicyclic) bond motifs is 5. The lowest BCUT2D eigenvalue weighted by Crippen LogP contribution is -1.83. The SMILES string of the molecule is c1ccc2c(c1)nc1c3cn[nH]c3ccn21. The molecule has 4 aromatic rings. The van der Waals surface area contributed by atoms with Crippen LogP contribution in [0.2, 0.25) is 0 Å². The maximum atomic E-state index is 4.62. The third-order valence-electron chi connectivity index (χ3n) is 2.90. The third-order valence-corrected chi connectivity index (χ3v) is 2.90. The molecule has 0 radical (unpaired) electrons. The van der Waals surface area contributed by atoms with Gasteiger partial charge in [-0.25, -0.2) is 4.98 Å². The Hall–Kier alpha value is -2.36. The second-order valence-corrected chi connectivity index (χ2v) is 3.81. The second kappa shape index (κ2) is 2.61. The van der Waals surface area contributed by atoms with Crippen molar-refractivity contribution in [2.45, 2.75) is 0 Å². The van der Waals surface area contributed by atoms with Crippen molar-refractivity contribution in [3.8, 4) is 0 Å². The molecule has 4 heteroatoms. The Labute approximate surface area is 90.5 Å². The van der Waals surface area contributed by atoms with Gasteiger partial charge in [-0.1, -0.05) is 12.1 Å². The van der Waals surface area contributed by atoms with Crippen molar-refractivity contribution >= 4 is 27.6 Å². The van der Waals surface area contributed by atoms with Gasteiger partial charge in [-0.15, -0.1) is 0 Å². The zero-order valence-corrected chi connectivity index (χ0v) is 8.38. The van der Waals surface area contributed by atoms with E-state index >= 15 is 0 Å². The summed E-state index contributed by atoms with van der Waals surface area (Å²) in [4.78, 5) is 4.62. The molecule has 0 saturated heterocycles. The van der Waals surface area contributed by atoms with Crippen LogP contribution in [0, 0.1) is 0 Å². The van der Waals surface area contributed by atoms with Crippen molar-refractivity contribution in [1.29, 1.82) is 0 Å². The first kappa shape index (κ1) is 7.87. The summed E-state index contributed by atoms with van der Waals surface area (Å²) in [6, 6.07) is 10.1. The molecule has 1 N–H and O–H groups in total. The van der Waals surface area contributed by atoms with E-state index in [0.29, 0.717) is 0 Å². The van der Waals surface area contributed by atoms with E-state index in [-0.39, 0.29) is 0 Å². The minimum Gasteiger partial charge on any atom is -0.299 e. The second-order valence-electron chi connectivity index (χ2n) is 3.81. The maximum Gasteiger partial charge on any atom is 0.149 e. The third kappa shape index (κ3) is 0.839. The fourth-order valence-corrected chi connectivity index (χ4v) is 2.14. The number of benzene rings is 1. The highest BCUT2D eigenvalue weighted by Gasteiger charge is 2.07. The van der Waals surface area contributed by atoms with E-state index in [1.54, 1.807) is 0 Å². The minimum absolute atomic E-state index is 0.951. The summed E-state index contributed by atoms with van der Waals surface area (Å²) < 4.78 is 2.09. The first-order valence-corrected chi connectivity index (χ1v) is 5.12. The number of nitrogens with one attached hydrogen (secondary N) is 1. The number of para-hydroxylation sites is 2. The van der Waals surface area contributed by atoms with E-state index in [1.165, 1.54) is 0 Å². The molecule has 0 aliphatic carbocycles. The fourth-order valence-electron chi connectivity index (χ4n) is 2.14. The molecule has 16 heavy (non-hydrogen) atoms. The Bertz CT molecular complexity index is 809. The number of aromatic amines is 1. The van der Waals surface area contributed by atoms with Crippen LogP contribution >= 0.6 is 0 Å². The summed E-state index contributed by atoms with van der Waals surface area (Å²) in [5, 5.41) is 8.05. The van der Waals surface area contributed by atoms with Crippen LogP contribution in [-0.2, 0) is 0 Å². The Morgan fingerprint density at radius 1 is 1.12 bits per heavy atom. The number of imidazole rings is 1. The Morgan fingerprint density at radius 2 is 2.06 bits per heavy atom. The van der Waals surface area contributed by atoms with Crippen LogP contribution in [0.5, 0.6) is 0 Å². The van der Waals surface area contributed by atoms with Gasteiger partial charge < -0.3 is 0 Å². The predicted molar refractivity (Wildman–Crippen MR) is 62.3 cm³/mol. The van der Waals surface area contributed by atoms with Crippen molar-refractivity contribution < 1.29 is 0 Å². The molecule has 0 spiro atoms. The smallest absolute Gasteiger partial charge is 0.149 e. The van der Waals surface area contributed by atoms with Crippen LogP contribution in [0.3, 0.4) is 0 Å². The molecule has 76 valence electrons. The highest BCUT2D eigenvalue weighted by atomic mass is 15.1. The number of hydrogen-bond acceptors (Lipinski definition) is 2. The lowest BCUT2D eigenvalue weighted by Gasteiger charge is -1.95. The van der Waals surface area contributed by atoms with E-state index in [4.69, 9.17) is 0 Å². The van der Waals surface area contributed by atoms with Crippen molar-refractivity contribution in [2.24, 2.45) is 0 Å². The highest BCUT2D eigenvalue weighted by Crippen LogP contribution is 2.22. The van der Waals surface area contributed by atoms with Crippen molar-refractivity contribution in [3.05, 3.63) is 42.7 Å². The molecular weight excluding hydrogens is 200 g/mol. The molecule has 0 aliphatic heterocycles. The van der Waals surface area contributed by atoms with Gasteiger partial charge in [0.25, 0.3) is 0 Å². The molecule has 0 amide bonds. The first-order valence-electron chi connectivity index (χ1n) is 5.12. The Morgan fingerprint density at radius 3 is 3.06 bits per heavy atom. The van der Waals surface area contributed by atoms with Gasteiger partial charge in [-0.05, 0) is 18.2 Å². The summed E-state index contributed by atoms with van der Waals surface area (Å²) in [6.07, 6.45) is 3.84. The van der Waals surface area contributed by atoms with Crippen molar-refractivity contribution in [3.63, 3.8) is 0 Å². The molecule has 0 unspecified atom stereocenters. The van der Waals surface area contributed by atoms with Crippen LogP contribution in [0.1, 0.15) is 0 Å². The Kier molecular flexibility index (Phi) is 1.28. The molecule has 0 aliphatic rings. The summed E-state index contributed by atoms with van der Waals surface area (Å²) in [7, 11) is 0. The molecule has 3 heterocycles. The molecule has 3 aromatic heterocycles. The summed E-state index contributed by atoms with van der Waals surface area (Å²) >= 11 is 0. The summed E-state index contributed by atoms with van der Waals surface area (Å²) in [6.45, 7) is 0. The van der Waals surface area contributed by atoms with E-state index < -0.39 is 0 Å². The van der Waals surface area contributed by atoms with E-state index in [9.17, 15) is 0 Å². The van der Waals surface area contributed by atoms with E-state index in [2.05, 4.69) is 25.6 Å². The van der Waals surface area contributed by atoms with Crippen LogP contribution < -0.4 is 0 Å². The van der Waals surface area contributed by atoms with Crippen molar-refractivity contribution in [2.75, 3.05) is 0 Å². The number of rotatable bonds is 0. The molecule has 0 fully saturated rings. The van der Waals surface area contributed by atoms with Crippen molar-refractivity contribution in [1.82, 2.24) is 19.6 Å². The van der Waals surface area contributed by atoms with Gasteiger partial charge in [0.1, 0.15) is 5.65 Å². The largest absolute Gasteiger partial charge is 0.299 e. The average Bonchev–Trinajstić information content (AvgIpc) is 2.92. The van der Waals surface area contributed by atoms with Gasteiger partial charge in [-0.2, -0.15) is 5.10 Å². The molecule has 0 bridgehead atoms. The van der Waals surface area contributed by atoms with Gasteiger partial charge in [0.2, 0.25) is 0 Å². The highest BCUT2D eigenvalue weighted by molar-refractivity contribution is 5.95. The molecule has 0 atom stereocenters. The molecular formula is C12H8N4. The molecule has 0 saturated carbocycles. The molecule has 1 aromatic carbocycles. The average molecular weight is 208 g/mol. The first-order chi connectivity index (χ1) is 7.93. The van der Waals surface area contributed by atoms with Gasteiger partial charge in [0.15, 0.2) is 0 Å². The van der Waals surface area contributed by atoms with E-state index in [0.717, 1.165) is 27.6 Å². The number of nitrogens with zero attached hydrogens (tertiary/aromatic N) is 3. The quantitative estimate of drug-likeness (QED) is 0.482. The van der Waals surface area contributed by atoms with Gasteiger partial charge in [0.05, 0.1) is 28.1 Å². The van der Waals surface area contributed by atoms with Crippen LogP contribution in [0.25, 0.3) is 27.6 Å². The monoisotopic (exact) mass is 208 g/mol. The zero-order chi connectivity index (χ0) is 10.5. The van der Waals surface area contributed by atoms with Gasteiger partial charge in [-0.3, -0.25) is 9.50 Å². The lowest BCUT2D eigenvalue weighted by atomic mass is 10.3. The van der Waals surface area contributed by atoms with Crippen LogP contribution in [0.15, 0.2) is 42.7 Å². The normalized spacial score (nSPS) is 11.8. The standard InChI is InChI=1S/C12H8N4/c1-2-4-11-10(3-1)14-12-8-7-13-15-9(8)5-6-16(11)12/h1-7H,(H,13,15). The Balaban J connectivity index is 2.38.